The third kappa shape index (κ3) is 5.56. The first-order chi connectivity index (χ1) is 16.1. The zero-order valence-electron chi connectivity index (χ0n) is 17.5. The summed E-state index contributed by atoms with van der Waals surface area (Å²) in [5, 5.41) is 6.49. The molecular weight excluding hydrogens is 420 g/mol. The minimum absolute atomic E-state index is 0.0456. The van der Waals surface area contributed by atoms with E-state index in [-0.39, 0.29) is 12.2 Å². The lowest BCUT2D eigenvalue weighted by Gasteiger charge is -2.05. The molecule has 0 saturated heterocycles. The number of rotatable bonds is 7. The molecule has 0 radical (unpaired) electrons. The van der Waals surface area contributed by atoms with E-state index in [1.807, 2.05) is 66.7 Å². The maximum Gasteiger partial charge on any atom is 0.378 e. The Morgan fingerprint density at radius 3 is 2.06 bits per heavy atom. The molecule has 2 amide bonds. The van der Waals surface area contributed by atoms with Crippen LogP contribution in [0.25, 0.3) is 17.1 Å². The average Bonchev–Trinajstić information content (AvgIpc) is 3.30. The van der Waals surface area contributed by atoms with Gasteiger partial charge in [0.15, 0.2) is 12.4 Å². The number of nitrogens with one attached hydrogen (secondary N) is 1. The van der Waals surface area contributed by atoms with Crippen LogP contribution in [0.1, 0.15) is 16.2 Å². The molecule has 0 unspecified atom stereocenters. The summed E-state index contributed by atoms with van der Waals surface area (Å²) in [7, 11) is 0. The van der Waals surface area contributed by atoms with E-state index >= 15 is 0 Å². The Labute approximate surface area is 189 Å². The first kappa shape index (κ1) is 21.6. The number of para-hydroxylation sites is 1. The van der Waals surface area contributed by atoms with Crippen LogP contribution >= 0.6 is 0 Å². The molecule has 3 aromatic carbocycles. The van der Waals surface area contributed by atoms with Crippen molar-refractivity contribution in [2.45, 2.75) is 6.42 Å². The fourth-order valence-electron chi connectivity index (χ4n) is 3.13. The van der Waals surface area contributed by atoms with Gasteiger partial charge in [0.2, 0.25) is 5.91 Å². The van der Waals surface area contributed by atoms with Crippen molar-refractivity contribution in [1.29, 1.82) is 0 Å². The predicted octanol–water partition coefficient (Wildman–Crippen LogP) is 2.98. The van der Waals surface area contributed by atoms with Gasteiger partial charge in [-0.25, -0.2) is 14.5 Å². The van der Waals surface area contributed by atoms with Crippen LogP contribution in [0.15, 0.2) is 91.0 Å². The molecule has 8 heteroatoms. The number of ether oxygens (including phenoxy) is 1. The Kier molecular flexibility index (Phi) is 6.65. The maximum atomic E-state index is 12.5. The van der Waals surface area contributed by atoms with E-state index < -0.39 is 24.4 Å². The highest BCUT2D eigenvalue weighted by atomic mass is 16.5. The minimum atomic E-state index is -0.868. The molecular formula is C25H20N4O4. The van der Waals surface area contributed by atoms with Crippen molar-refractivity contribution in [1.82, 2.24) is 20.1 Å². The van der Waals surface area contributed by atoms with E-state index in [1.54, 1.807) is 24.3 Å². The summed E-state index contributed by atoms with van der Waals surface area (Å²) in [5.41, 5.74) is 2.24. The summed E-state index contributed by atoms with van der Waals surface area (Å²) in [5.74, 6) is -1.82. The smallest absolute Gasteiger partial charge is 0.378 e. The molecule has 33 heavy (non-hydrogen) atoms. The van der Waals surface area contributed by atoms with Gasteiger partial charge in [-0.15, -0.1) is 5.10 Å². The van der Waals surface area contributed by atoms with Gasteiger partial charge in [0.05, 0.1) is 12.1 Å². The summed E-state index contributed by atoms with van der Waals surface area (Å²) < 4.78 is 6.58. The summed E-state index contributed by atoms with van der Waals surface area (Å²) in [6.45, 7) is -0.625. The SMILES string of the molecule is O=C(COC(=O)c1nc(-c2ccccc2)n(-c2ccccc2)n1)NC(=O)Cc1ccccc1. The van der Waals surface area contributed by atoms with Crippen molar-refractivity contribution in [3.63, 3.8) is 0 Å². The summed E-state index contributed by atoms with van der Waals surface area (Å²) in [6.07, 6.45) is 0.0456. The van der Waals surface area contributed by atoms with Crippen molar-refractivity contribution >= 4 is 17.8 Å². The molecule has 0 aliphatic rings. The van der Waals surface area contributed by atoms with Crippen LogP contribution in [0.3, 0.4) is 0 Å². The maximum absolute atomic E-state index is 12.5. The molecule has 8 nitrogen and oxygen atoms in total. The van der Waals surface area contributed by atoms with Crippen LogP contribution in [-0.4, -0.2) is 39.2 Å². The number of carbonyl (C=O) groups excluding carboxylic acids is 3. The largest absolute Gasteiger partial charge is 0.450 e. The minimum Gasteiger partial charge on any atom is -0.450 e. The molecule has 4 aromatic rings. The van der Waals surface area contributed by atoms with Gasteiger partial charge in [0.1, 0.15) is 0 Å². The fraction of sp³-hybridized carbons (Fsp3) is 0.0800. The quantitative estimate of drug-likeness (QED) is 0.443. The van der Waals surface area contributed by atoms with Crippen molar-refractivity contribution in [2.75, 3.05) is 6.61 Å². The third-order valence-electron chi connectivity index (χ3n) is 4.64. The van der Waals surface area contributed by atoms with Crippen molar-refractivity contribution < 1.29 is 19.1 Å². The average molecular weight is 440 g/mol. The Morgan fingerprint density at radius 1 is 0.788 bits per heavy atom. The lowest BCUT2D eigenvalue weighted by molar-refractivity contribution is -0.132. The number of amides is 2. The topological polar surface area (TPSA) is 103 Å². The van der Waals surface area contributed by atoms with Gasteiger partial charge in [0.25, 0.3) is 11.7 Å². The number of nitrogens with zero attached hydrogens (tertiary/aromatic N) is 3. The van der Waals surface area contributed by atoms with Gasteiger partial charge in [0, 0.05) is 5.56 Å². The monoisotopic (exact) mass is 440 g/mol. The van der Waals surface area contributed by atoms with Gasteiger partial charge in [-0.3, -0.25) is 14.9 Å². The highest BCUT2D eigenvalue weighted by Gasteiger charge is 2.21. The number of aromatic nitrogens is 3. The van der Waals surface area contributed by atoms with E-state index in [4.69, 9.17) is 4.74 Å². The van der Waals surface area contributed by atoms with Gasteiger partial charge in [-0.1, -0.05) is 78.9 Å². The van der Waals surface area contributed by atoms with Gasteiger partial charge in [-0.2, -0.15) is 0 Å². The Hall–Kier alpha value is -4.59. The van der Waals surface area contributed by atoms with Crippen molar-refractivity contribution in [3.05, 3.63) is 102 Å². The second-order valence-electron chi connectivity index (χ2n) is 7.08. The second-order valence-corrected chi connectivity index (χ2v) is 7.08. The molecule has 0 bridgehead atoms. The Balaban J connectivity index is 1.43. The molecule has 0 spiro atoms. The van der Waals surface area contributed by atoms with Gasteiger partial charge >= 0.3 is 5.97 Å². The normalized spacial score (nSPS) is 10.4. The van der Waals surface area contributed by atoms with E-state index in [9.17, 15) is 14.4 Å². The number of hydrogen-bond donors (Lipinski definition) is 1. The molecule has 0 fully saturated rings. The molecule has 1 N–H and O–H groups in total. The highest BCUT2D eigenvalue weighted by molar-refractivity contribution is 5.97. The summed E-state index contributed by atoms with van der Waals surface area (Å²) >= 11 is 0. The standard InChI is InChI=1S/C25H20N4O4/c30-21(16-18-10-4-1-5-11-18)26-22(31)17-33-25(32)23-27-24(19-12-6-2-7-13-19)29(28-23)20-14-8-3-9-15-20/h1-15H,16-17H2,(H,26,30,31). The van der Waals surface area contributed by atoms with Crippen LogP contribution in [-0.2, 0) is 20.7 Å². The van der Waals surface area contributed by atoms with E-state index in [0.29, 0.717) is 11.5 Å². The Morgan fingerprint density at radius 2 is 1.39 bits per heavy atom. The van der Waals surface area contributed by atoms with Crippen LogP contribution in [0.2, 0.25) is 0 Å². The summed E-state index contributed by atoms with van der Waals surface area (Å²) in [6, 6.07) is 27.5. The first-order valence-electron chi connectivity index (χ1n) is 10.2. The molecule has 0 atom stereocenters. The first-order valence-corrected chi connectivity index (χ1v) is 10.2. The molecule has 1 aromatic heterocycles. The van der Waals surface area contributed by atoms with Crippen molar-refractivity contribution in [3.8, 4) is 17.1 Å². The van der Waals surface area contributed by atoms with E-state index in [0.717, 1.165) is 11.1 Å². The molecule has 4 rings (SSSR count). The summed E-state index contributed by atoms with van der Waals surface area (Å²) in [4.78, 5) is 40.9. The van der Waals surface area contributed by atoms with Crippen LogP contribution < -0.4 is 5.32 Å². The molecule has 0 saturated carbocycles. The van der Waals surface area contributed by atoms with Gasteiger partial charge < -0.3 is 4.74 Å². The third-order valence-corrected chi connectivity index (χ3v) is 4.64. The highest BCUT2D eigenvalue weighted by Crippen LogP contribution is 2.21. The lowest BCUT2D eigenvalue weighted by Crippen LogP contribution is -2.35. The van der Waals surface area contributed by atoms with Crippen LogP contribution in [0.4, 0.5) is 0 Å². The second kappa shape index (κ2) is 10.1. The predicted molar refractivity (Wildman–Crippen MR) is 120 cm³/mol. The Bertz CT molecular complexity index is 1200. The zero-order chi connectivity index (χ0) is 23.0. The number of esters is 1. The van der Waals surface area contributed by atoms with E-state index in [2.05, 4.69) is 15.4 Å². The van der Waals surface area contributed by atoms with Crippen LogP contribution in [0.5, 0.6) is 0 Å². The van der Waals surface area contributed by atoms with E-state index in [1.165, 1.54) is 4.68 Å². The molecule has 164 valence electrons. The number of benzene rings is 3. The van der Waals surface area contributed by atoms with Crippen molar-refractivity contribution in [2.24, 2.45) is 0 Å². The van der Waals surface area contributed by atoms with Gasteiger partial charge in [-0.05, 0) is 17.7 Å². The lowest BCUT2D eigenvalue weighted by atomic mass is 10.1. The molecule has 0 aliphatic heterocycles. The number of hydrogen-bond acceptors (Lipinski definition) is 6. The number of imide groups is 1. The molecule has 0 aliphatic carbocycles. The zero-order valence-corrected chi connectivity index (χ0v) is 17.5. The fourth-order valence-corrected chi connectivity index (χ4v) is 3.13. The number of carbonyl (C=O) groups is 3. The molecule has 1 heterocycles. The van der Waals surface area contributed by atoms with Crippen LogP contribution in [0, 0.1) is 0 Å².